The predicted molar refractivity (Wildman–Crippen MR) is 203 cm³/mol. The van der Waals surface area contributed by atoms with Gasteiger partial charge in [0.1, 0.15) is 18.1 Å². The lowest BCUT2D eigenvalue weighted by Gasteiger charge is -2.25. The molecule has 48 heavy (non-hydrogen) atoms. The zero-order chi connectivity index (χ0) is 32.3. The van der Waals surface area contributed by atoms with Crippen LogP contribution >= 0.6 is 7.92 Å². The molecule has 2 nitrogen and oxygen atoms in total. The van der Waals surface area contributed by atoms with Crippen LogP contribution in [0.2, 0.25) is 0 Å². The highest BCUT2D eigenvalue weighted by molar-refractivity contribution is 7.80. The van der Waals surface area contributed by atoms with Crippen LogP contribution in [0.4, 0.5) is 0 Å². The Bertz CT molecular complexity index is 2310. The molecule has 0 amide bonds. The van der Waals surface area contributed by atoms with E-state index in [0.717, 1.165) is 55.1 Å². The first-order valence-corrected chi connectivity index (χ1v) is 17.5. The Morgan fingerprint density at radius 1 is 0.458 bits per heavy atom. The third kappa shape index (κ3) is 5.62. The summed E-state index contributed by atoms with van der Waals surface area (Å²) in [5.74, 6) is 0.977. The molecule has 0 aliphatic carbocycles. The molecule has 0 spiro atoms. The van der Waals surface area contributed by atoms with Gasteiger partial charge in [0.25, 0.3) is 0 Å². The summed E-state index contributed by atoms with van der Waals surface area (Å²) < 4.78 is 6.43. The highest BCUT2D eigenvalue weighted by Crippen LogP contribution is 2.49. The summed E-state index contributed by atoms with van der Waals surface area (Å²) in [6.07, 6.45) is 0. The molecule has 8 rings (SSSR count). The lowest BCUT2D eigenvalue weighted by Crippen LogP contribution is -2.22. The molecule has 0 fully saturated rings. The van der Waals surface area contributed by atoms with Crippen molar-refractivity contribution < 1.29 is 9.84 Å². The Hall–Kier alpha value is -5.69. The van der Waals surface area contributed by atoms with Crippen molar-refractivity contribution in [2.24, 2.45) is 0 Å². The molecule has 0 atom stereocenters. The summed E-state index contributed by atoms with van der Waals surface area (Å²) in [5, 5.41) is 20.7. The Balaban J connectivity index is 1.41. The van der Waals surface area contributed by atoms with E-state index in [1.54, 1.807) is 0 Å². The molecule has 230 valence electrons. The summed E-state index contributed by atoms with van der Waals surface area (Å²) in [4.78, 5) is 0. The van der Waals surface area contributed by atoms with E-state index in [-0.39, 0.29) is 5.75 Å². The Kier molecular flexibility index (Phi) is 8.17. The van der Waals surface area contributed by atoms with Crippen molar-refractivity contribution in [2.75, 3.05) is 0 Å². The van der Waals surface area contributed by atoms with Gasteiger partial charge in [-0.1, -0.05) is 170 Å². The van der Waals surface area contributed by atoms with Crippen molar-refractivity contribution in [2.45, 2.75) is 6.61 Å². The second kappa shape index (κ2) is 13.2. The van der Waals surface area contributed by atoms with Gasteiger partial charge in [-0.05, 0) is 63.1 Å². The van der Waals surface area contributed by atoms with Crippen LogP contribution < -0.4 is 20.7 Å². The number of rotatable bonds is 8. The van der Waals surface area contributed by atoms with Gasteiger partial charge in [-0.25, -0.2) is 0 Å². The SMILES string of the molecule is Oc1c(-c2ccccc2OCc2ccccc2)cc2ccccc2c1-c1c(P(c2ccccc2)c2ccccc2)ccc2ccccc12. The molecule has 8 aromatic rings. The number of hydrogen-bond donors (Lipinski definition) is 1. The summed E-state index contributed by atoms with van der Waals surface area (Å²) >= 11 is 0. The summed E-state index contributed by atoms with van der Waals surface area (Å²) in [5.41, 5.74) is 4.59. The van der Waals surface area contributed by atoms with Gasteiger partial charge >= 0.3 is 0 Å². The van der Waals surface area contributed by atoms with E-state index in [4.69, 9.17) is 4.74 Å². The first kappa shape index (κ1) is 29.7. The van der Waals surface area contributed by atoms with Crippen molar-refractivity contribution in [1.29, 1.82) is 0 Å². The third-order valence-electron chi connectivity index (χ3n) is 8.86. The van der Waals surface area contributed by atoms with E-state index in [2.05, 4.69) is 140 Å². The first-order chi connectivity index (χ1) is 23.8. The lowest BCUT2D eigenvalue weighted by atomic mass is 9.89. The average molecular weight is 637 g/mol. The molecular weight excluding hydrogens is 603 g/mol. The molecule has 8 aromatic carbocycles. The zero-order valence-corrected chi connectivity index (χ0v) is 27.2. The van der Waals surface area contributed by atoms with Crippen LogP contribution in [0, 0.1) is 0 Å². The summed E-state index contributed by atoms with van der Waals surface area (Å²) in [6, 6.07) is 63.3. The smallest absolute Gasteiger partial charge is 0.132 e. The topological polar surface area (TPSA) is 29.5 Å². The van der Waals surface area contributed by atoms with E-state index in [9.17, 15) is 5.11 Å². The molecule has 0 heterocycles. The molecule has 0 unspecified atom stereocenters. The largest absolute Gasteiger partial charge is 0.507 e. The number of aromatic hydroxyl groups is 1. The fraction of sp³-hybridized carbons (Fsp3) is 0.0222. The molecule has 0 saturated heterocycles. The third-order valence-corrected chi connectivity index (χ3v) is 11.3. The van der Waals surface area contributed by atoms with E-state index in [1.165, 1.54) is 15.9 Å². The molecule has 3 heteroatoms. The average Bonchev–Trinajstić information content (AvgIpc) is 3.15. The maximum Gasteiger partial charge on any atom is 0.132 e. The van der Waals surface area contributed by atoms with E-state index in [1.807, 2.05) is 42.5 Å². The Labute approximate surface area is 282 Å². The number of hydrogen-bond acceptors (Lipinski definition) is 2. The predicted octanol–water partition coefficient (Wildman–Crippen LogP) is 10.4. The normalized spacial score (nSPS) is 11.3. The van der Waals surface area contributed by atoms with Crippen LogP contribution in [-0.4, -0.2) is 5.11 Å². The van der Waals surface area contributed by atoms with Gasteiger partial charge in [0, 0.05) is 22.3 Å². The standard InChI is InChI=1S/C45H33O2P/c46-45-40(39-26-14-15-27-41(39)47-31-32-16-4-1-5-17-32)30-34-19-11-13-25-38(34)44(45)43-37-24-12-10-18-33(37)28-29-42(43)48(35-20-6-2-7-21-35)36-22-8-3-9-23-36/h1-30,46H,31H2. The van der Waals surface area contributed by atoms with Crippen molar-refractivity contribution in [3.05, 3.63) is 188 Å². The van der Waals surface area contributed by atoms with Gasteiger partial charge in [0.15, 0.2) is 0 Å². The Morgan fingerprint density at radius 2 is 1.00 bits per heavy atom. The van der Waals surface area contributed by atoms with Crippen LogP contribution in [0.25, 0.3) is 43.8 Å². The van der Waals surface area contributed by atoms with E-state index >= 15 is 0 Å². The highest BCUT2D eigenvalue weighted by atomic mass is 31.1. The maximum atomic E-state index is 12.7. The van der Waals surface area contributed by atoms with Crippen LogP contribution in [-0.2, 0) is 6.61 Å². The molecule has 0 bridgehead atoms. The second-order valence-electron chi connectivity index (χ2n) is 11.8. The molecule has 1 N–H and O–H groups in total. The minimum Gasteiger partial charge on any atom is -0.507 e. The molecule has 0 aliphatic rings. The fourth-order valence-electron chi connectivity index (χ4n) is 6.64. The van der Waals surface area contributed by atoms with Crippen molar-refractivity contribution in [1.82, 2.24) is 0 Å². The van der Waals surface area contributed by atoms with Crippen LogP contribution in [0.3, 0.4) is 0 Å². The van der Waals surface area contributed by atoms with Crippen LogP contribution in [0.5, 0.6) is 11.5 Å². The second-order valence-corrected chi connectivity index (χ2v) is 14.0. The quantitative estimate of drug-likeness (QED) is 0.168. The van der Waals surface area contributed by atoms with Crippen molar-refractivity contribution in [3.8, 4) is 33.8 Å². The van der Waals surface area contributed by atoms with Gasteiger partial charge in [0.05, 0.1) is 0 Å². The first-order valence-electron chi connectivity index (χ1n) is 16.2. The lowest BCUT2D eigenvalue weighted by molar-refractivity contribution is 0.307. The monoisotopic (exact) mass is 636 g/mol. The van der Waals surface area contributed by atoms with Crippen LogP contribution in [0.15, 0.2) is 182 Å². The van der Waals surface area contributed by atoms with Crippen molar-refractivity contribution in [3.63, 3.8) is 0 Å². The number of ether oxygens (including phenoxy) is 1. The van der Waals surface area contributed by atoms with Crippen LogP contribution in [0.1, 0.15) is 5.56 Å². The minimum atomic E-state index is -0.969. The van der Waals surface area contributed by atoms with E-state index < -0.39 is 7.92 Å². The van der Waals surface area contributed by atoms with Gasteiger partial charge < -0.3 is 9.84 Å². The van der Waals surface area contributed by atoms with Gasteiger partial charge in [-0.3, -0.25) is 0 Å². The summed E-state index contributed by atoms with van der Waals surface area (Å²) in [6.45, 7) is 0.435. The van der Waals surface area contributed by atoms with Gasteiger partial charge in [0.2, 0.25) is 0 Å². The number of fused-ring (bicyclic) bond motifs is 2. The van der Waals surface area contributed by atoms with Crippen molar-refractivity contribution >= 4 is 45.4 Å². The maximum absolute atomic E-state index is 12.7. The number of phenolic OH excluding ortho intramolecular Hbond substituents is 1. The number of para-hydroxylation sites is 1. The molecule has 0 saturated carbocycles. The molecular formula is C45H33O2P. The molecule has 0 radical (unpaired) electrons. The number of phenols is 1. The highest BCUT2D eigenvalue weighted by Gasteiger charge is 2.26. The minimum absolute atomic E-state index is 0.248. The Morgan fingerprint density at radius 3 is 1.69 bits per heavy atom. The van der Waals surface area contributed by atoms with Gasteiger partial charge in [-0.2, -0.15) is 0 Å². The molecule has 0 aliphatic heterocycles. The van der Waals surface area contributed by atoms with E-state index in [0.29, 0.717) is 6.61 Å². The molecule has 0 aromatic heterocycles. The summed E-state index contributed by atoms with van der Waals surface area (Å²) in [7, 11) is -0.969. The fourth-order valence-corrected chi connectivity index (χ4v) is 9.11. The number of benzene rings is 8. The zero-order valence-electron chi connectivity index (χ0n) is 26.3. The van der Waals surface area contributed by atoms with Gasteiger partial charge in [-0.15, -0.1) is 0 Å².